The number of hydrogen-bond acceptors (Lipinski definition) is 4. The number of nitrogens with zero attached hydrogens (tertiary/aromatic N) is 2. The number of ether oxygens (including phenoxy) is 1. The maximum atomic E-state index is 5.89. The number of methoxy groups -OCH3 is 1. The number of anilines is 2. The second-order valence-corrected chi connectivity index (χ2v) is 3.51. The third-order valence-electron chi connectivity index (χ3n) is 2.37. The van der Waals surface area contributed by atoms with Crippen LogP contribution in [0.4, 0.5) is 11.5 Å². The van der Waals surface area contributed by atoms with E-state index in [2.05, 4.69) is 23.7 Å². The van der Waals surface area contributed by atoms with Gasteiger partial charge in [-0.15, -0.1) is 0 Å². The van der Waals surface area contributed by atoms with Gasteiger partial charge in [-0.25, -0.2) is 4.98 Å². The highest BCUT2D eigenvalue weighted by Gasteiger charge is 2.15. The average molecular weight is 209 g/mol. The largest absolute Gasteiger partial charge is 0.396 e. The monoisotopic (exact) mass is 209 g/mol. The molecule has 0 aliphatic carbocycles. The van der Waals surface area contributed by atoms with Crippen molar-refractivity contribution < 1.29 is 4.74 Å². The molecule has 1 atom stereocenters. The first kappa shape index (κ1) is 11.8. The van der Waals surface area contributed by atoms with Gasteiger partial charge in [0.25, 0.3) is 0 Å². The van der Waals surface area contributed by atoms with Gasteiger partial charge < -0.3 is 15.4 Å². The molecule has 4 heteroatoms. The molecule has 0 bridgehead atoms. The fourth-order valence-electron chi connectivity index (χ4n) is 1.65. The molecule has 84 valence electrons. The molecule has 0 aromatic carbocycles. The summed E-state index contributed by atoms with van der Waals surface area (Å²) in [6.45, 7) is 5.72. The van der Waals surface area contributed by atoms with Crippen molar-refractivity contribution in [2.24, 2.45) is 0 Å². The van der Waals surface area contributed by atoms with Crippen LogP contribution < -0.4 is 10.6 Å². The van der Waals surface area contributed by atoms with E-state index in [0.717, 1.165) is 12.4 Å². The molecule has 0 amide bonds. The van der Waals surface area contributed by atoms with Gasteiger partial charge in [-0.1, -0.05) is 0 Å². The third kappa shape index (κ3) is 2.83. The van der Waals surface area contributed by atoms with Gasteiger partial charge in [0.1, 0.15) is 0 Å². The van der Waals surface area contributed by atoms with Gasteiger partial charge in [-0.3, -0.25) is 0 Å². The fraction of sp³-hybridized carbons (Fsp3) is 0.545. The molecule has 0 spiro atoms. The van der Waals surface area contributed by atoms with Crippen molar-refractivity contribution in [3.05, 3.63) is 18.3 Å². The van der Waals surface area contributed by atoms with E-state index in [4.69, 9.17) is 10.5 Å². The zero-order valence-electron chi connectivity index (χ0n) is 9.60. The van der Waals surface area contributed by atoms with Gasteiger partial charge in [0.05, 0.1) is 18.3 Å². The van der Waals surface area contributed by atoms with E-state index in [9.17, 15) is 0 Å². The van der Waals surface area contributed by atoms with Crippen LogP contribution in [-0.2, 0) is 4.74 Å². The number of rotatable bonds is 5. The standard InChI is InChI=1S/C11H19N3O/c1-4-14(9(2)8-15-3)11-10(12)6-5-7-13-11/h5-7,9H,4,8,12H2,1-3H3. The van der Waals surface area contributed by atoms with Gasteiger partial charge >= 0.3 is 0 Å². The minimum absolute atomic E-state index is 0.275. The molecule has 4 nitrogen and oxygen atoms in total. The third-order valence-corrected chi connectivity index (χ3v) is 2.37. The average Bonchev–Trinajstić information content (AvgIpc) is 2.22. The summed E-state index contributed by atoms with van der Waals surface area (Å²) in [5.41, 5.74) is 6.60. The van der Waals surface area contributed by atoms with Crippen molar-refractivity contribution in [3.8, 4) is 0 Å². The molecule has 0 radical (unpaired) electrons. The number of nitrogen functional groups attached to an aromatic ring is 1. The summed E-state index contributed by atoms with van der Waals surface area (Å²) in [5, 5.41) is 0. The number of nitrogens with two attached hydrogens (primary N) is 1. The second-order valence-electron chi connectivity index (χ2n) is 3.51. The summed E-state index contributed by atoms with van der Waals surface area (Å²) in [5.74, 6) is 0.838. The molecule has 1 unspecified atom stereocenters. The molecule has 1 heterocycles. The molecule has 0 aliphatic heterocycles. The highest BCUT2D eigenvalue weighted by Crippen LogP contribution is 2.20. The van der Waals surface area contributed by atoms with Crippen LogP contribution in [-0.4, -0.2) is 31.3 Å². The van der Waals surface area contributed by atoms with Crippen molar-refractivity contribution in [1.29, 1.82) is 0 Å². The fourth-order valence-corrected chi connectivity index (χ4v) is 1.65. The Kier molecular flexibility index (Phi) is 4.37. The normalized spacial score (nSPS) is 12.5. The van der Waals surface area contributed by atoms with Crippen LogP contribution >= 0.6 is 0 Å². The summed E-state index contributed by atoms with van der Waals surface area (Å²) >= 11 is 0. The number of aromatic nitrogens is 1. The molecule has 0 aliphatic rings. The van der Waals surface area contributed by atoms with E-state index < -0.39 is 0 Å². The number of pyridine rings is 1. The lowest BCUT2D eigenvalue weighted by Crippen LogP contribution is -2.37. The van der Waals surface area contributed by atoms with Crippen LogP contribution in [0.3, 0.4) is 0 Å². The van der Waals surface area contributed by atoms with Gasteiger partial charge in [-0.05, 0) is 26.0 Å². The van der Waals surface area contributed by atoms with Crippen molar-refractivity contribution in [2.75, 3.05) is 30.9 Å². The minimum Gasteiger partial charge on any atom is -0.396 e. The summed E-state index contributed by atoms with van der Waals surface area (Å²) in [6.07, 6.45) is 1.76. The minimum atomic E-state index is 0.275. The SMILES string of the molecule is CCN(c1ncccc1N)C(C)COC. The smallest absolute Gasteiger partial charge is 0.152 e. The first-order valence-corrected chi connectivity index (χ1v) is 5.16. The molecular weight excluding hydrogens is 190 g/mol. The Labute approximate surface area is 91.1 Å². The Morgan fingerprint density at radius 1 is 1.60 bits per heavy atom. The molecule has 0 saturated carbocycles. The maximum Gasteiger partial charge on any atom is 0.152 e. The van der Waals surface area contributed by atoms with Crippen LogP contribution in [0.15, 0.2) is 18.3 Å². The van der Waals surface area contributed by atoms with Crippen LogP contribution in [0.2, 0.25) is 0 Å². The van der Waals surface area contributed by atoms with Gasteiger partial charge in [0.15, 0.2) is 5.82 Å². The lowest BCUT2D eigenvalue weighted by atomic mass is 10.2. The van der Waals surface area contributed by atoms with E-state index in [1.165, 1.54) is 0 Å². The molecule has 1 aromatic heterocycles. The van der Waals surface area contributed by atoms with Gasteiger partial charge in [0.2, 0.25) is 0 Å². The summed E-state index contributed by atoms with van der Waals surface area (Å²) < 4.78 is 5.14. The molecule has 15 heavy (non-hydrogen) atoms. The quantitative estimate of drug-likeness (QED) is 0.799. The topological polar surface area (TPSA) is 51.4 Å². The predicted molar refractivity (Wildman–Crippen MR) is 63.0 cm³/mol. The number of hydrogen-bond donors (Lipinski definition) is 1. The van der Waals surface area contributed by atoms with Crippen LogP contribution in [0.25, 0.3) is 0 Å². The first-order chi connectivity index (χ1) is 7.20. The molecule has 1 rings (SSSR count). The van der Waals surface area contributed by atoms with E-state index >= 15 is 0 Å². The lowest BCUT2D eigenvalue weighted by molar-refractivity contribution is 0.181. The summed E-state index contributed by atoms with van der Waals surface area (Å²) in [4.78, 5) is 6.44. The van der Waals surface area contributed by atoms with Gasteiger partial charge in [0, 0.05) is 19.9 Å². The van der Waals surface area contributed by atoms with Crippen molar-refractivity contribution in [1.82, 2.24) is 4.98 Å². The van der Waals surface area contributed by atoms with Crippen LogP contribution in [0.5, 0.6) is 0 Å². The van der Waals surface area contributed by atoms with E-state index in [-0.39, 0.29) is 6.04 Å². The molecule has 0 saturated heterocycles. The van der Waals surface area contributed by atoms with Crippen molar-refractivity contribution in [2.45, 2.75) is 19.9 Å². The summed E-state index contributed by atoms with van der Waals surface area (Å²) in [7, 11) is 1.70. The predicted octanol–water partition coefficient (Wildman–Crippen LogP) is 1.52. The molecular formula is C11H19N3O. The zero-order valence-corrected chi connectivity index (χ0v) is 9.60. The van der Waals surface area contributed by atoms with E-state index in [1.54, 1.807) is 13.3 Å². The van der Waals surface area contributed by atoms with Crippen LogP contribution in [0, 0.1) is 0 Å². The van der Waals surface area contributed by atoms with E-state index in [1.807, 2.05) is 12.1 Å². The second kappa shape index (κ2) is 5.56. The Bertz CT molecular complexity index is 304. The zero-order chi connectivity index (χ0) is 11.3. The highest BCUT2D eigenvalue weighted by molar-refractivity contribution is 5.62. The Balaban J connectivity index is 2.87. The molecule has 2 N–H and O–H groups in total. The van der Waals surface area contributed by atoms with Crippen molar-refractivity contribution >= 4 is 11.5 Å². The molecule has 0 fully saturated rings. The van der Waals surface area contributed by atoms with Crippen LogP contribution in [0.1, 0.15) is 13.8 Å². The summed E-state index contributed by atoms with van der Waals surface area (Å²) in [6, 6.07) is 3.98. The van der Waals surface area contributed by atoms with Gasteiger partial charge in [-0.2, -0.15) is 0 Å². The Morgan fingerprint density at radius 2 is 2.33 bits per heavy atom. The highest BCUT2D eigenvalue weighted by atomic mass is 16.5. The lowest BCUT2D eigenvalue weighted by Gasteiger charge is -2.29. The van der Waals surface area contributed by atoms with E-state index in [0.29, 0.717) is 12.3 Å². The Hall–Kier alpha value is -1.29. The maximum absolute atomic E-state index is 5.89. The Morgan fingerprint density at radius 3 is 2.87 bits per heavy atom. The molecule has 1 aromatic rings. The first-order valence-electron chi connectivity index (χ1n) is 5.16. The number of likely N-dealkylation sites (N-methyl/N-ethyl adjacent to an activating group) is 1. The van der Waals surface area contributed by atoms with Crippen molar-refractivity contribution in [3.63, 3.8) is 0 Å².